The van der Waals surface area contributed by atoms with Gasteiger partial charge in [0.15, 0.2) is 5.69 Å². The fourth-order valence-corrected chi connectivity index (χ4v) is 2.54. The number of amides is 1. The van der Waals surface area contributed by atoms with Gasteiger partial charge in [-0.25, -0.2) is 4.98 Å². The van der Waals surface area contributed by atoms with Gasteiger partial charge in [-0.05, 0) is 45.2 Å². The number of likely N-dealkylation sites (tertiary alicyclic amines) is 1. The molecule has 0 aromatic carbocycles. The summed E-state index contributed by atoms with van der Waals surface area (Å²) < 4.78 is 0. The molecular formula is C13H19N3O. The van der Waals surface area contributed by atoms with Gasteiger partial charge in [0, 0.05) is 18.3 Å². The number of rotatable bonds is 1. The number of carbonyl (C=O) groups is 1. The Morgan fingerprint density at radius 3 is 2.65 bits per heavy atom. The van der Waals surface area contributed by atoms with E-state index in [9.17, 15) is 4.79 Å². The van der Waals surface area contributed by atoms with E-state index in [1.807, 2.05) is 4.90 Å². The molecule has 2 rings (SSSR count). The first kappa shape index (κ1) is 11.9. The van der Waals surface area contributed by atoms with Crippen LogP contribution in [0, 0.1) is 0 Å². The number of pyridine rings is 1. The third-order valence-electron chi connectivity index (χ3n) is 3.47. The molecule has 1 aromatic heterocycles. The SMILES string of the molecule is CC1CCCC(C)N1C(=O)c1ncccc1N. The van der Waals surface area contributed by atoms with Crippen molar-refractivity contribution in [3.05, 3.63) is 24.0 Å². The first-order valence-electron chi connectivity index (χ1n) is 6.14. The van der Waals surface area contributed by atoms with Crippen LogP contribution in [0.2, 0.25) is 0 Å². The van der Waals surface area contributed by atoms with Crippen molar-refractivity contribution in [1.29, 1.82) is 0 Å². The smallest absolute Gasteiger partial charge is 0.275 e. The Kier molecular flexibility index (Phi) is 3.31. The normalized spacial score (nSPS) is 24.7. The summed E-state index contributed by atoms with van der Waals surface area (Å²) in [5.41, 5.74) is 6.65. The highest BCUT2D eigenvalue weighted by molar-refractivity contribution is 5.97. The number of anilines is 1. The molecule has 0 spiro atoms. The molecule has 1 amide bonds. The second-order valence-electron chi connectivity index (χ2n) is 4.78. The van der Waals surface area contributed by atoms with Gasteiger partial charge >= 0.3 is 0 Å². The summed E-state index contributed by atoms with van der Waals surface area (Å²) in [5, 5.41) is 0. The summed E-state index contributed by atoms with van der Waals surface area (Å²) in [7, 11) is 0. The molecule has 2 unspecified atom stereocenters. The molecule has 1 aliphatic rings. The minimum Gasteiger partial charge on any atom is -0.397 e. The lowest BCUT2D eigenvalue weighted by molar-refractivity contribution is 0.0506. The first-order valence-corrected chi connectivity index (χ1v) is 6.14. The Bertz CT molecular complexity index is 409. The van der Waals surface area contributed by atoms with E-state index >= 15 is 0 Å². The van der Waals surface area contributed by atoms with Gasteiger partial charge in [-0.15, -0.1) is 0 Å². The summed E-state index contributed by atoms with van der Waals surface area (Å²) in [5.74, 6) is -0.0391. The number of piperidine rings is 1. The van der Waals surface area contributed by atoms with Gasteiger partial charge in [-0.2, -0.15) is 0 Å². The molecule has 2 atom stereocenters. The van der Waals surface area contributed by atoms with E-state index in [1.165, 1.54) is 6.42 Å². The fourth-order valence-electron chi connectivity index (χ4n) is 2.54. The van der Waals surface area contributed by atoms with Gasteiger partial charge in [0.05, 0.1) is 5.69 Å². The van der Waals surface area contributed by atoms with Crippen molar-refractivity contribution < 1.29 is 4.79 Å². The molecule has 2 N–H and O–H groups in total. The Hall–Kier alpha value is -1.58. The van der Waals surface area contributed by atoms with Crippen LogP contribution in [0.3, 0.4) is 0 Å². The average Bonchev–Trinajstić information content (AvgIpc) is 2.29. The topological polar surface area (TPSA) is 59.2 Å². The molecule has 0 bridgehead atoms. The second kappa shape index (κ2) is 4.73. The predicted molar refractivity (Wildman–Crippen MR) is 67.6 cm³/mol. The second-order valence-corrected chi connectivity index (χ2v) is 4.78. The van der Waals surface area contributed by atoms with Crippen LogP contribution in [0.1, 0.15) is 43.6 Å². The van der Waals surface area contributed by atoms with Gasteiger partial charge < -0.3 is 10.6 Å². The monoisotopic (exact) mass is 233 g/mol. The lowest BCUT2D eigenvalue weighted by Crippen LogP contribution is -2.47. The third-order valence-corrected chi connectivity index (χ3v) is 3.47. The molecule has 2 heterocycles. The molecule has 1 aliphatic heterocycles. The number of hydrogen-bond acceptors (Lipinski definition) is 3. The van der Waals surface area contributed by atoms with Gasteiger partial charge in [0.25, 0.3) is 5.91 Å². The molecular weight excluding hydrogens is 214 g/mol. The van der Waals surface area contributed by atoms with Crippen molar-refractivity contribution in [2.45, 2.75) is 45.2 Å². The van der Waals surface area contributed by atoms with Crippen LogP contribution in [-0.4, -0.2) is 27.9 Å². The maximum Gasteiger partial charge on any atom is 0.275 e. The van der Waals surface area contributed by atoms with E-state index in [2.05, 4.69) is 18.8 Å². The lowest BCUT2D eigenvalue weighted by Gasteiger charge is -2.38. The van der Waals surface area contributed by atoms with E-state index in [0.717, 1.165) is 12.8 Å². The molecule has 0 saturated carbocycles. The molecule has 17 heavy (non-hydrogen) atoms. The van der Waals surface area contributed by atoms with Crippen molar-refractivity contribution in [2.24, 2.45) is 0 Å². The quantitative estimate of drug-likeness (QED) is 0.807. The van der Waals surface area contributed by atoms with Gasteiger partial charge in [-0.3, -0.25) is 4.79 Å². The summed E-state index contributed by atoms with van der Waals surface area (Å²) in [6.45, 7) is 4.18. The molecule has 0 radical (unpaired) electrons. The Labute approximate surface area is 102 Å². The highest BCUT2D eigenvalue weighted by Crippen LogP contribution is 2.25. The van der Waals surface area contributed by atoms with Crippen molar-refractivity contribution in [1.82, 2.24) is 9.88 Å². The number of nitrogen functional groups attached to an aromatic ring is 1. The zero-order valence-electron chi connectivity index (χ0n) is 10.4. The van der Waals surface area contributed by atoms with Crippen LogP contribution in [0.15, 0.2) is 18.3 Å². The summed E-state index contributed by atoms with van der Waals surface area (Å²) in [4.78, 5) is 18.4. The van der Waals surface area contributed by atoms with Crippen molar-refractivity contribution in [3.8, 4) is 0 Å². The minimum atomic E-state index is -0.0391. The number of aromatic nitrogens is 1. The van der Waals surface area contributed by atoms with Crippen molar-refractivity contribution in [3.63, 3.8) is 0 Å². The predicted octanol–water partition coefficient (Wildman–Crippen LogP) is 2.07. The Morgan fingerprint density at radius 1 is 1.41 bits per heavy atom. The summed E-state index contributed by atoms with van der Waals surface area (Å²) in [6, 6.07) is 4.01. The van der Waals surface area contributed by atoms with Crippen LogP contribution in [0.4, 0.5) is 5.69 Å². The summed E-state index contributed by atoms with van der Waals surface area (Å²) >= 11 is 0. The van der Waals surface area contributed by atoms with Gasteiger partial charge in [-0.1, -0.05) is 0 Å². The van der Waals surface area contributed by atoms with Gasteiger partial charge in [0.1, 0.15) is 0 Å². The van der Waals surface area contributed by atoms with Crippen LogP contribution in [0.25, 0.3) is 0 Å². The highest BCUT2D eigenvalue weighted by atomic mass is 16.2. The molecule has 4 heteroatoms. The van der Waals surface area contributed by atoms with E-state index < -0.39 is 0 Å². The molecule has 0 aliphatic carbocycles. The largest absolute Gasteiger partial charge is 0.397 e. The van der Waals surface area contributed by atoms with Crippen LogP contribution in [-0.2, 0) is 0 Å². The first-order chi connectivity index (χ1) is 8.11. The molecule has 1 saturated heterocycles. The fraction of sp³-hybridized carbons (Fsp3) is 0.538. The van der Waals surface area contributed by atoms with E-state index in [1.54, 1.807) is 18.3 Å². The zero-order valence-corrected chi connectivity index (χ0v) is 10.4. The number of hydrogen-bond donors (Lipinski definition) is 1. The molecule has 4 nitrogen and oxygen atoms in total. The minimum absolute atomic E-state index is 0.0391. The van der Waals surface area contributed by atoms with E-state index in [-0.39, 0.29) is 18.0 Å². The Morgan fingerprint density at radius 2 is 2.06 bits per heavy atom. The maximum atomic E-state index is 12.4. The zero-order chi connectivity index (χ0) is 12.4. The Balaban J connectivity index is 2.27. The van der Waals surface area contributed by atoms with Gasteiger partial charge in [0.2, 0.25) is 0 Å². The molecule has 1 fully saturated rings. The van der Waals surface area contributed by atoms with Crippen LogP contribution >= 0.6 is 0 Å². The number of nitrogens with zero attached hydrogens (tertiary/aromatic N) is 2. The number of carbonyl (C=O) groups excluding carboxylic acids is 1. The van der Waals surface area contributed by atoms with Crippen LogP contribution in [0.5, 0.6) is 0 Å². The van der Waals surface area contributed by atoms with Crippen molar-refractivity contribution in [2.75, 3.05) is 5.73 Å². The van der Waals surface area contributed by atoms with E-state index in [4.69, 9.17) is 5.73 Å². The standard InChI is InChI=1S/C13H19N3O/c1-9-5-3-6-10(2)16(9)13(17)12-11(14)7-4-8-15-12/h4,7-10H,3,5-6,14H2,1-2H3. The van der Waals surface area contributed by atoms with E-state index in [0.29, 0.717) is 11.4 Å². The van der Waals surface area contributed by atoms with Crippen molar-refractivity contribution >= 4 is 11.6 Å². The molecule has 92 valence electrons. The number of nitrogens with two attached hydrogens (primary N) is 1. The highest BCUT2D eigenvalue weighted by Gasteiger charge is 2.30. The molecule has 1 aromatic rings. The maximum absolute atomic E-state index is 12.4. The summed E-state index contributed by atoms with van der Waals surface area (Å²) in [6.07, 6.45) is 4.92. The lowest BCUT2D eigenvalue weighted by atomic mass is 9.97. The average molecular weight is 233 g/mol. The van der Waals surface area contributed by atoms with Crippen LogP contribution < -0.4 is 5.73 Å². The third kappa shape index (κ3) is 2.25.